The van der Waals surface area contributed by atoms with E-state index in [4.69, 9.17) is 0 Å². The quantitative estimate of drug-likeness (QED) is 0.501. The second kappa shape index (κ2) is 10.9. The summed E-state index contributed by atoms with van der Waals surface area (Å²) in [7, 11) is 0. The maximum atomic E-state index is 4.19. The van der Waals surface area contributed by atoms with E-state index in [-0.39, 0.29) is 16.2 Å². The third-order valence-corrected chi connectivity index (χ3v) is 4.02. The van der Waals surface area contributed by atoms with Gasteiger partial charge in [-0.25, -0.2) is 9.97 Å². The zero-order valence-corrected chi connectivity index (χ0v) is 19.9. The summed E-state index contributed by atoms with van der Waals surface area (Å²) in [5.41, 5.74) is 3.54. The van der Waals surface area contributed by atoms with Crippen LogP contribution in [0.3, 0.4) is 0 Å². The smallest absolute Gasteiger partial charge is 0.115 e. The summed E-state index contributed by atoms with van der Waals surface area (Å²) >= 11 is 0. The van der Waals surface area contributed by atoms with Crippen molar-refractivity contribution in [3.63, 3.8) is 0 Å². The first-order valence-electron chi connectivity index (χ1n) is 10.1. The molecule has 0 saturated heterocycles. The maximum absolute atomic E-state index is 4.19. The Bertz CT molecular complexity index is 712. The molecule has 6 nitrogen and oxygen atoms in total. The molecule has 6 heteroatoms. The first kappa shape index (κ1) is 25.3. The summed E-state index contributed by atoms with van der Waals surface area (Å²) in [4.78, 5) is 16.2. The normalized spacial score (nSPS) is 11.5. The highest BCUT2D eigenvalue weighted by molar-refractivity contribution is 5.10. The van der Waals surface area contributed by atoms with Crippen LogP contribution in [0.1, 0.15) is 79.4 Å². The van der Waals surface area contributed by atoms with Crippen molar-refractivity contribution in [3.05, 3.63) is 72.6 Å². The van der Waals surface area contributed by atoms with E-state index in [1.807, 2.05) is 18.2 Å². The standard InChI is InChI=1S/3C8H12N2/c1-8(2,3)7-6-9-4-5-10-7;1-8(2,3)7-4-5-9-6-10-7;1-8(2,3)7-5-4-6-9-10-7/h3*4-6H,1-3H3. The summed E-state index contributed by atoms with van der Waals surface area (Å²) < 4.78 is 0. The first-order valence-corrected chi connectivity index (χ1v) is 10.1. The highest BCUT2D eigenvalue weighted by atomic mass is 15.1. The second-order valence-corrected chi connectivity index (χ2v) is 10.0. The molecule has 0 saturated carbocycles. The molecular formula is C24H36N6. The van der Waals surface area contributed by atoms with E-state index >= 15 is 0 Å². The zero-order chi connectivity index (χ0) is 22.8. The zero-order valence-electron chi connectivity index (χ0n) is 19.9. The molecule has 0 spiro atoms. The Hall–Kier alpha value is -2.76. The first-order chi connectivity index (χ1) is 13.8. The summed E-state index contributed by atoms with van der Waals surface area (Å²) in [5, 5.41) is 7.80. The van der Waals surface area contributed by atoms with Crippen molar-refractivity contribution in [3.8, 4) is 0 Å². The van der Waals surface area contributed by atoms with Crippen LogP contribution < -0.4 is 0 Å². The Morgan fingerprint density at radius 1 is 0.567 bits per heavy atom. The largest absolute Gasteiger partial charge is 0.261 e. The summed E-state index contributed by atoms with van der Waals surface area (Å²) in [6, 6.07) is 5.85. The lowest BCUT2D eigenvalue weighted by Crippen LogP contribution is -2.13. The van der Waals surface area contributed by atoms with E-state index in [2.05, 4.69) is 92.4 Å². The van der Waals surface area contributed by atoms with Gasteiger partial charge in [-0.1, -0.05) is 62.3 Å². The van der Waals surface area contributed by atoms with Gasteiger partial charge >= 0.3 is 0 Å². The van der Waals surface area contributed by atoms with Crippen molar-refractivity contribution in [2.75, 3.05) is 0 Å². The Morgan fingerprint density at radius 2 is 1.20 bits per heavy atom. The van der Waals surface area contributed by atoms with Gasteiger partial charge in [0.1, 0.15) is 6.33 Å². The van der Waals surface area contributed by atoms with Crippen LogP contribution >= 0.6 is 0 Å². The highest BCUT2D eigenvalue weighted by Crippen LogP contribution is 2.19. The number of hydrogen-bond donors (Lipinski definition) is 0. The van der Waals surface area contributed by atoms with Crippen molar-refractivity contribution >= 4 is 0 Å². The number of hydrogen-bond acceptors (Lipinski definition) is 6. The lowest BCUT2D eigenvalue weighted by atomic mass is 9.92. The van der Waals surface area contributed by atoms with Crippen molar-refractivity contribution in [2.45, 2.75) is 78.6 Å². The summed E-state index contributed by atoms with van der Waals surface area (Å²) in [5.74, 6) is 0. The average Bonchev–Trinajstić information content (AvgIpc) is 2.69. The lowest BCUT2D eigenvalue weighted by molar-refractivity contribution is 0.558. The lowest BCUT2D eigenvalue weighted by Gasteiger charge is -2.16. The summed E-state index contributed by atoms with van der Waals surface area (Å²) in [6.07, 6.45) is 10.3. The van der Waals surface area contributed by atoms with Crippen LogP contribution in [0.5, 0.6) is 0 Å². The SMILES string of the molecule is CC(C)(C)c1cccnn1.CC(C)(C)c1ccncn1.CC(C)(C)c1cnccn1. The third-order valence-electron chi connectivity index (χ3n) is 4.02. The van der Waals surface area contributed by atoms with Crippen LogP contribution in [-0.2, 0) is 16.2 Å². The van der Waals surface area contributed by atoms with E-state index in [1.165, 1.54) is 0 Å². The third kappa shape index (κ3) is 9.63. The van der Waals surface area contributed by atoms with Gasteiger partial charge in [-0.05, 0) is 18.2 Å². The van der Waals surface area contributed by atoms with Crippen molar-refractivity contribution in [2.24, 2.45) is 0 Å². The van der Waals surface area contributed by atoms with E-state index in [9.17, 15) is 0 Å². The van der Waals surface area contributed by atoms with Crippen molar-refractivity contribution in [1.29, 1.82) is 0 Å². The Labute approximate surface area is 181 Å². The minimum atomic E-state index is 0.119. The molecule has 3 rings (SSSR count). The molecule has 3 heterocycles. The van der Waals surface area contributed by atoms with Gasteiger partial charge in [0.05, 0.1) is 11.4 Å². The topological polar surface area (TPSA) is 77.3 Å². The number of rotatable bonds is 0. The van der Waals surface area contributed by atoms with E-state index in [0.29, 0.717) is 0 Å². The second-order valence-electron chi connectivity index (χ2n) is 10.0. The molecular weight excluding hydrogens is 372 g/mol. The van der Waals surface area contributed by atoms with Crippen LogP contribution in [0, 0.1) is 0 Å². The molecule has 0 aliphatic heterocycles. The van der Waals surface area contributed by atoms with Crippen LogP contribution in [0.15, 0.2) is 55.5 Å². The molecule has 0 aliphatic carbocycles. The van der Waals surface area contributed by atoms with Crippen LogP contribution in [-0.4, -0.2) is 30.1 Å². The van der Waals surface area contributed by atoms with E-state index in [0.717, 1.165) is 17.1 Å². The molecule has 0 amide bonds. The van der Waals surface area contributed by atoms with Gasteiger partial charge in [0.2, 0.25) is 0 Å². The van der Waals surface area contributed by atoms with Crippen LogP contribution in [0.2, 0.25) is 0 Å². The molecule has 0 bridgehead atoms. The molecule has 3 aromatic rings. The molecule has 30 heavy (non-hydrogen) atoms. The molecule has 3 aromatic heterocycles. The van der Waals surface area contributed by atoms with Crippen LogP contribution in [0.4, 0.5) is 0 Å². The Morgan fingerprint density at radius 3 is 1.50 bits per heavy atom. The predicted octanol–water partition coefficient (Wildman–Crippen LogP) is 5.32. The Kier molecular flexibility index (Phi) is 9.15. The van der Waals surface area contributed by atoms with Gasteiger partial charge in [0.15, 0.2) is 0 Å². The van der Waals surface area contributed by atoms with Gasteiger partial charge < -0.3 is 0 Å². The fraction of sp³-hybridized carbons (Fsp3) is 0.500. The predicted molar refractivity (Wildman–Crippen MR) is 122 cm³/mol. The van der Waals surface area contributed by atoms with Crippen molar-refractivity contribution in [1.82, 2.24) is 30.1 Å². The van der Waals surface area contributed by atoms with E-state index in [1.54, 1.807) is 37.3 Å². The molecule has 0 aromatic carbocycles. The average molecular weight is 409 g/mol. The molecule has 0 fully saturated rings. The monoisotopic (exact) mass is 408 g/mol. The maximum Gasteiger partial charge on any atom is 0.115 e. The number of aromatic nitrogens is 6. The number of nitrogens with zero attached hydrogens (tertiary/aromatic N) is 6. The fourth-order valence-electron chi connectivity index (χ4n) is 2.12. The Balaban J connectivity index is 0.000000225. The van der Waals surface area contributed by atoms with E-state index < -0.39 is 0 Å². The fourth-order valence-corrected chi connectivity index (χ4v) is 2.12. The van der Waals surface area contributed by atoms with Gasteiger partial charge in [-0.2, -0.15) is 10.2 Å². The van der Waals surface area contributed by atoms with Gasteiger partial charge in [0, 0.05) is 52.9 Å². The van der Waals surface area contributed by atoms with Gasteiger partial charge in [-0.3, -0.25) is 9.97 Å². The van der Waals surface area contributed by atoms with Gasteiger partial charge in [0.25, 0.3) is 0 Å². The van der Waals surface area contributed by atoms with Crippen LogP contribution in [0.25, 0.3) is 0 Å². The molecule has 0 aliphatic rings. The molecule has 0 radical (unpaired) electrons. The minimum absolute atomic E-state index is 0.119. The highest BCUT2D eigenvalue weighted by Gasteiger charge is 2.15. The summed E-state index contributed by atoms with van der Waals surface area (Å²) in [6.45, 7) is 19.1. The molecule has 162 valence electrons. The minimum Gasteiger partial charge on any atom is -0.261 e. The molecule has 0 unspecified atom stereocenters. The van der Waals surface area contributed by atoms with Crippen molar-refractivity contribution < 1.29 is 0 Å². The van der Waals surface area contributed by atoms with Gasteiger partial charge in [-0.15, -0.1) is 0 Å². The molecule has 0 N–H and O–H groups in total. The molecule has 0 atom stereocenters.